The Morgan fingerprint density at radius 1 is 1.04 bits per heavy atom. The summed E-state index contributed by atoms with van der Waals surface area (Å²) in [6.07, 6.45) is 5.26. The molecule has 0 atom stereocenters. The predicted octanol–water partition coefficient (Wildman–Crippen LogP) is 4.09. The lowest BCUT2D eigenvalue weighted by Gasteiger charge is -2.11. The number of hydrogen-bond donors (Lipinski definition) is 1. The van der Waals surface area contributed by atoms with Gasteiger partial charge in [0, 0.05) is 35.8 Å². The number of halogens is 2. The highest BCUT2D eigenvalue weighted by molar-refractivity contribution is 6.33. The Bertz CT molecular complexity index is 1430. The molecule has 0 aliphatic carbocycles. The van der Waals surface area contributed by atoms with Crippen molar-refractivity contribution in [2.45, 2.75) is 0 Å². The quantitative estimate of drug-likeness (QED) is 0.491. The van der Waals surface area contributed by atoms with Crippen molar-refractivity contribution in [3.63, 3.8) is 0 Å². The fourth-order valence-electron chi connectivity index (χ4n) is 3.13. The molecule has 28 heavy (non-hydrogen) atoms. The van der Waals surface area contributed by atoms with Crippen LogP contribution in [0.1, 0.15) is 0 Å². The third-order valence-corrected chi connectivity index (χ3v) is 4.65. The maximum Gasteiger partial charge on any atom is 0.249 e. The Morgan fingerprint density at radius 3 is 2.75 bits per heavy atom. The molecule has 0 aliphatic heterocycles. The van der Waals surface area contributed by atoms with Crippen LogP contribution in [0.4, 0.5) is 4.39 Å². The van der Waals surface area contributed by atoms with E-state index in [1.165, 1.54) is 18.2 Å². The molecule has 6 nitrogen and oxygen atoms in total. The summed E-state index contributed by atoms with van der Waals surface area (Å²) in [5, 5.41) is 0.455. The zero-order valence-corrected chi connectivity index (χ0v) is 15.0. The summed E-state index contributed by atoms with van der Waals surface area (Å²) in [6.45, 7) is 0. The first-order chi connectivity index (χ1) is 13.6. The summed E-state index contributed by atoms with van der Waals surface area (Å²) in [4.78, 5) is 27.8. The third kappa shape index (κ3) is 2.73. The van der Waals surface area contributed by atoms with Gasteiger partial charge in [-0.2, -0.15) is 0 Å². The molecule has 0 radical (unpaired) electrons. The molecule has 0 unspecified atom stereocenters. The zero-order chi connectivity index (χ0) is 19.3. The van der Waals surface area contributed by atoms with Gasteiger partial charge < -0.3 is 9.38 Å². The Balaban J connectivity index is 1.86. The van der Waals surface area contributed by atoms with E-state index in [2.05, 4.69) is 19.9 Å². The second kappa shape index (κ2) is 6.24. The fourth-order valence-corrected chi connectivity index (χ4v) is 3.39. The van der Waals surface area contributed by atoms with Gasteiger partial charge in [-0.05, 0) is 24.3 Å². The number of rotatable bonds is 2. The van der Waals surface area contributed by atoms with Crippen molar-refractivity contribution in [3.05, 3.63) is 82.2 Å². The van der Waals surface area contributed by atoms with Gasteiger partial charge in [0.1, 0.15) is 11.3 Å². The maximum absolute atomic E-state index is 13.9. The van der Waals surface area contributed by atoms with Gasteiger partial charge in [0.15, 0.2) is 11.3 Å². The second-order valence-corrected chi connectivity index (χ2v) is 6.63. The van der Waals surface area contributed by atoms with Gasteiger partial charge in [0.25, 0.3) is 0 Å². The minimum Gasteiger partial charge on any atom is -0.305 e. The van der Waals surface area contributed by atoms with Gasteiger partial charge in [-0.15, -0.1) is 0 Å². The first-order valence-electron chi connectivity index (χ1n) is 8.38. The van der Waals surface area contributed by atoms with Crippen molar-refractivity contribution in [2.24, 2.45) is 0 Å². The molecule has 0 amide bonds. The summed E-state index contributed by atoms with van der Waals surface area (Å²) in [7, 11) is 0. The molecule has 1 N–H and O–H groups in total. The van der Waals surface area contributed by atoms with Crippen molar-refractivity contribution in [3.8, 4) is 22.5 Å². The summed E-state index contributed by atoms with van der Waals surface area (Å²) in [5.41, 5.74) is 3.35. The van der Waals surface area contributed by atoms with Crippen LogP contribution in [0.3, 0.4) is 0 Å². The lowest BCUT2D eigenvalue weighted by atomic mass is 10.0. The third-order valence-electron chi connectivity index (χ3n) is 4.37. The molecule has 5 aromatic rings. The van der Waals surface area contributed by atoms with Crippen LogP contribution < -0.4 is 5.56 Å². The number of aromatic nitrogens is 5. The Morgan fingerprint density at radius 2 is 1.89 bits per heavy atom. The lowest BCUT2D eigenvalue weighted by molar-refractivity contribution is 0.628. The van der Waals surface area contributed by atoms with E-state index in [9.17, 15) is 9.18 Å². The van der Waals surface area contributed by atoms with Crippen molar-refractivity contribution in [1.29, 1.82) is 0 Å². The van der Waals surface area contributed by atoms with Crippen LogP contribution in [0.5, 0.6) is 0 Å². The van der Waals surface area contributed by atoms with Crippen molar-refractivity contribution in [2.75, 3.05) is 0 Å². The van der Waals surface area contributed by atoms with Gasteiger partial charge in [-0.25, -0.2) is 19.3 Å². The summed E-state index contributed by atoms with van der Waals surface area (Å²) >= 11 is 6.38. The largest absolute Gasteiger partial charge is 0.305 e. The minimum atomic E-state index is -0.394. The van der Waals surface area contributed by atoms with E-state index in [1.807, 2.05) is 6.20 Å². The number of nitrogens with one attached hydrogen (secondary N) is 1. The van der Waals surface area contributed by atoms with E-state index in [0.29, 0.717) is 44.3 Å². The standard InChI is InChI=1S/C20H11ClFN5O/c21-14-9-12(10-27-7-6-23-20(14)27)18-17(11-2-1-3-13(22)8-11)26-19-15(24-18)4-5-16(28)25-19/h1-10H,(H,25,26,28). The molecule has 1 aromatic carbocycles. The molecule has 8 heteroatoms. The molecule has 0 saturated heterocycles. The average Bonchev–Trinajstić information content (AvgIpc) is 3.16. The topological polar surface area (TPSA) is 75.9 Å². The van der Waals surface area contributed by atoms with E-state index in [1.54, 1.807) is 41.1 Å². The smallest absolute Gasteiger partial charge is 0.249 e. The van der Waals surface area contributed by atoms with Gasteiger partial charge in [0.2, 0.25) is 5.56 Å². The SMILES string of the molecule is O=c1ccc2nc(-c3cc(Cl)c4nccn4c3)c(-c3cccc(F)c3)nc2[nH]1. The van der Waals surface area contributed by atoms with Crippen LogP contribution in [0.15, 0.2) is 65.8 Å². The second-order valence-electron chi connectivity index (χ2n) is 6.22. The molecule has 0 bridgehead atoms. The molecular weight excluding hydrogens is 381 g/mol. The first-order valence-corrected chi connectivity index (χ1v) is 8.76. The number of hydrogen-bond acceptors (Lipinski definition) is 4. The van der Waals surface area contributed by atoms with Crippen LogP contribution in [-0.4, -0.2) is 24.3 Å². The summed E-state index contributed by atoms with van der Waals surface area (Å²) in [5.74, 6) is -0.394. The molecule has 4 aromatic heterocycles. The number of pyridine rings is 2. The molecule has 136 valence electrons. The number of H-pyrrole nitrogens is 1. The molecular formula is C20H11ClFN5O. The normalized spacial score (nSPS) is 11.4. The number of imidazole rings is 1. The lowest BCUT2D eigenvalue weighted by Crippen LogP contribution is -2.06. The number of benzene rings is 1. The molecule has 0 aliphatic rings. The zero-order valence-electron chi connectivity index (χ0n) is 14.2. The maximum atomic E-state index is 13.9. The van der Waals surface area contributed by atoms with Crippen LogP contribution >= 0.6 is 11.6 Å². The minimum absolute atomic E-state index is 0.289. The van der Waals surface area contributed by atoms with Crippen LogP contribution in [0.2, 0.25) is 5.02 Å². The number of fused-ring (bicyclic) bond motifs is 2. The fraction of sp³-hybridized carbons (Fsp3) is 0. The molecule has 0 spiro atoms. The Kier molecular flexibility index (Phi) is 3.70. The van der Waals surface area contributed by atoms with Crippen molar-refractivity contribution < 1.29 is 4.39 Å². The van der Waals surface area contributed by atoms with Gasteiger partial charge in [0.05, 0.1) is 16.4 Å². The van der Waals surface area contributed by atoms with Gasteiger partial charge in [-0.1, -0.05) is 23.7 Å². The van der Waals surface area contributed by atoms with Crippen LogP contribution in [-0.2, 0) is 0 Å². The monoisotopic (exact) mass is 391 g/mol. The van der Waals surface area contributed by atoms with E-state index in [0.717, 1.165) is 0 Å². The van der Waals surface area contributed by atoms with Crippen molar-refractivity contribution in [1.82, 2.24) is 24.3 Å². The number of nitrogens with zero attached hydrogens (tertiary/aromatic N) is 4. The Hall–Kier alpha value is -3.58. The summed E-state index contributed by atoms with van der Waals surface area (Å²) in [6, 6.07) is 10.8. The molecule has 5 rings (SSSR count). The number of aromatic amines is 1. The summed E-state index contributed by atoms with van der Waals surface area (Å²) < 4.78 is 15.6. The van der Waals surface area contributed by atoms with Crippen LogP contribution in [0, 0.1) is 5.82 Å². The molecule has 0 fully saturated rings. The predicted molar refractivity (Wildman–Crippen MR) is 105 cm³/mol. The Labute approximate surface area is 162 Å². The van der Waals surface area contributed by atoms with Gasteiger partial charge in [-0.3, -0.25) is 4.79 Å². The van der Waals surface area contributed by atoms with E-state index in [-0.39, 0.29) is 5.56 Å². The molecule has 0 saturated carbocycles. The highest BCUT2D eigenvalue weighted by Gasteiger charge is 2.16. The van der Waals surface area contributed by atoms with Gasteiger partial charge >= 0.3 is 0 Å². The highest BCUT2D eigenvalue weighted by atomic mass is 35.5. The first kappa shape index (κ1) is 16.6. The van der Waals surface area contributed by atoms with E-state index in [4.69, 9.17) is 11.6 Å². The highest BCUT2D eigenvalue weighted by Crippen LogP contribution is 2.32. The molecule has 4 heterocycles. The van der Waals surface area contributed by atoms with E-state index < -0.39 is 5.82 Å². The van der Waals surface area contributed by atoms with Crippen LogP contribution in [0.25, 0.3) is 39.3 Å². The van der Waals surface area contributed by atoms with Crippen molar-refractivity contribution >= 4 is 28.4 Å². The van der Waals surface area contributed by atoms with E-state index >= 15 is 0 Å². The average molecular weight is 392 g/mol.